The zero-order valence-electron chi connectivity index (χ0n) is 16.4. The van der Waals surface area contributed by atoms with Gasteiger partial charge in [-0.15, -0.1) is 0 Å². The Morgan fingerprint density at radius 1 is 1.17 bits per heavy atom. The highest BCUT2D eigenvalue weighted by molar-refractivity contribution is 7.90. The minimum atomic E-state index is -3.79. The number of hydrogen-bond acceptors (Lipinski definition) is 5. The number of nitrogens with zero attached hydrogens (tertiary/aromatic N) is 1. The first-order chi connectivity index (χ1) is 13.7. The van der Waals surface area contributed by atoms with E-state index in [9.17, 15) is 17.9 Å². The number of hydrogen-bond donors (Lipinski definition) is 2. The standard InChI is InChI=1S/C21H25FN2O4S/c1-21(2)19(14-15-8-4-3-5-9-15)29(26,27)24-20(28-21)23-18(12-13-25)16-10-6-7-11-17(16)22/h3-11,18-19,25H,12-14H2,1-2H3,(H,23,24)/t18-,19?/m0/s1. The van der Waals surface area contributed by atoms with Crippen LogP contribution in [-0.4, -0.2) is 37.0 Å². The average Bonchev–Trinajstić information content (AvgIpc) is 2.65. The van der Waals surface area contributed by atoms with Crippen molar-refractivity contribution >= 4 is 16.0 Å². The summed E-state index contributed by atoms with van der Waals surface area (Å²) in [7, 11) is -3.79. The Morgan fingerprint density at radius 3 is 2.45 bits per heavy atom. The number of aliphatic imine (C=N–C) groups is 1. The van der Waals surface area contributed by atoms with Gasteiger partial charge < -0.3 is 9.84 Å². The summed E-state index contributed by atoms with van der Waals surface area (Å²) in [5.41, 5.74) is 0.0862. The lowest BCUT2D eigenvalue weighted by Crippen LogP contribution is -2.59. The molecular weight excluding hydrogens is 395 g/mol. The van der Waals surface area contributed by atoms with Crippen LogP contribution in [0.2, 0.25) is 0 Å². The third-order valence-corrected chi connectivity index (χ3v) is 6.89. The first-order valence-electron chi connectivity index (χ1n) is 9.40. The molecule has 1 fully saturated rings. The number of sulfonamides is 1. The van der Waals surface area contributed by atoms with Crippen molar-refractivity contribution < 1.29 is 22.7 Å². The average molecular weight is 421 g/mol. The third-order valence-electron chi connectivity index (χ3n) is 4.94. The second-order valence-corrected chi connectivity index (χ2v) is 9.38. The predicted octanol–water partition coefficient (Wildman–Crippen LogP) is 2.94. The Kier molecular flexibility index (Phi) is 6.24. The third kappa shape index (κ3) is 4.94. The van der Waals surface area contributed by atoms with Gasteiger partial charge in [-0.1, -0.05) is 48.5 Å². The molecule has 0 aliphatic carbocycles. The number of amidine groups is 1. The molecule has 29 heavy (non-hydrogen) atoms. The molecule has 2 atom stereocenters. The SMILES string of the molecule is CC1(C)OC(=N[C@@H](CCO)c2ccccc2F)NS(=O)(=O)C1Cc1ccccc1. The summed E-state index contributed by atoms with van der Waals surface area (Å²) >= 11 is 0. The summed E-state index contributed by atoms with van der Waals surface area (Å²) in [6.45, 7) is 3.15. The molecule has 2 aromatic rings. The molecule has 0 aromatic heterocycles. The van der Waals surface area contributed by atoms with Crippen molar-refractivity contribution in [2.75, 3.05) is 6.61 Å². The molecule has 0 radical (unpaired) electrons. The van der Waals surface area contributed by atoms with E-state index >= 15 is 0 Å². The van der Waals surface area contributed by atoms with Crippen molar-refractivity contribution in [3.05, 3.63) is 71.5 Å². The Labute approximate surface area is 170 Å². The number of aliphatic hydroxyl groups is 1. The van der Waals surface area contributed by atoms with Crippen LogP contribution in [0.5, 0.6) is 0 Å². The fraction of sp³-hybridized carbons (Fsp3) is 0.381. The summed E-state index contributed by atoms with van der Waals surface area (Å²) in [5.74, 6) is -0.477. The molecule has 8 heteroatoms. The van der Waals surface area contributed by atoms with Crippen molar-refractivity contribution in [3.8, 4) is 0 Å². The number of aliphatic hydroxyl groups excluding tert-OH is 1. The van der Waals surface area contributed by atoms with Gasteiger partial charge in [-0.2, -0.15) is 0 Å². The topological polar surface area (TPSA) is 88.0 Å². The normalized spacial score (nSPS) is 22.5. The largest absolute Gasteiger partial charge is 0.457 e. The van der Waals surface area contributed by atoms with Crippen LogP contribution < -0.4 is 4.72 Å². The van der Waals surface area contributed by atoms with Crippen molar-refractivity contribution in [2.45, 2.75) is 43.6 Å². The van der Waals surface area contributed by atoms with Gasteiger partial charge in [-0.3, -0.25) is 0 Å². The minimum absolute atomic E-state index is 0.128. The molecule has 1 aliphatic rings. The molecule has 6 nitrogen and oxygen atoms in total. The molecule has 1 heterocycles. The van der Waals surface area contributed by atoms with Crippen LogP contribution in [0.1, 0.15) is 37.4 Å². The molecular formula is C21H25FN2O4S. The number of halogens is 1. The molecule has 2 N–H and O–H groups in total. The van der Waals surface area contributed by atoms with Gasteiger partial charge in [-0.25, -0.2) is 22.5 Å². The molecule has 1 aliphatic heterocycles. The highest BCUT2D eigenvalue weighted by atomic mass is 32.2. The van der Waals surface area contributed by atoms with Gasteiger partial charge in [0.1, 0.15) is 16.7 Å². The maximum absolute atomic E-state index is 14.2. The van der Waals surface area contributed by atoms with Crippen LogP contribution in [0.3, 0.4) is 0 Å². The van der Waals surface area contributed by atoms with E-state index in [1.807, 2.05) is 30.3 Å². The van der Waals surface area contributed by atoms with Crippen LogP contribution in [-0.2, 0) is 21.2 Å². The summed E-state index contributed by atoms with van der Waals surface area (Å²) in [5, 5.41) is 8.53. The number of ether oxygens (including phenoxy) is 1. The molecule has 1 unspecified atom stereocenters. The Balaban J connectivity index is 1.90. The molecule has 3 rings (SSSR count). The first-order valence-corrected chi connectivity index (χ1v) is 11.0. The maximum atomic E-state index is 14.2. The smallest absolute Gasteiger partial charge is 0.299 e. The van der Waals surface area contributed by atoms with E-state index in [0.717, 1.165) is 5.56 Å². The Hall–Kier alpha value is -2.45. The van der Waals surface area contributed by atoms with Crippen molar-refractivity contribution in [1.29, 1.82) is 0 Å². The second-order valence-electron chi connectivity index (χ2n) is 7.51. The van der Waals surface area contributed by atoms with E-state index in [1.54, 1.807) is 32.0 Å². The van der Waals surface area contributed by atoms with Crippen molar-refractivity contribution in [2.24, 2.45) is 4.99 Å². The molecule has 0 bridgehead atoms. The number of rotatable bonds is 6. The highest BCUT2D eigenvalue weighted by Crippen LogP contribution is 2.31. The fourth-order valence-electron chi connectivity index (χ4n) is 3.44. The zero-order chi connectivity index (χ0) is 21.1. The van der Waals surface area contributed by atoms with E-state index in [2.05, 4.69) is 9.71 Å². The van der Waals surface area contributed by atoms with Crippen molar-refractivity contribution in [1.82, 2.24) is 4.72 Å². The summed E-state index contributed by atoms with van der Waals surface area (Å²) in [4.78, 5) is 4.29. The lowest BCUT2D eigenvalue weighted by molar-refractivity contribution is 0.0759. The quantitative estimate of drug-likeness (QED) is 0.752. The summed E-state index contributed by atoms with van der Waals surface area (Å²) < 4.78 is 48.4. The lowest BCUT2D eigenvalue weighted by atomic mass is 9.97. The minimum Gasteiger partial charge on any atom is -0.457 e. The lowest BCUT2D eigenvalue weighted by Gasteiger charge is -2.39. The van der Waals surface area contributed by atoms with E-state index in [-0.39, 0.29) is 31.0 Å². The Bertz CT molecular complexity index is 977. The van der Waals surface area contributed by atoms with Gasteiger partial charge in [0.15, 0.2) is 0 Å². The van der Waals surface area contributed by atoms with Crippen LogP contribution in [0.4, 0.5) is 4.39 Å². The van der Waals surface area contributed by atoms with Gasteiger partial charge in [-0.05, 0) is 38.3 Å². The van der Waals surface area contributed by atoms with E-state index in [0.29, 0.717) is 0 Å². The van der Waals surface area contributed by atoms with Crippen molar-refractivity contribution in [3.63, 3.8) is 0 Å². The number of benzene rings is 2. The van der Waals surface area contributed by atoms with Gasteiger partial charge in [0, 0.05) is 12.2 Å². The zero-order valence-corrected chi connectivity index (χ0v) is 17.2. The van der Waals surface area contributed by atoms with Gasteiger partial charge in [0.2, 0.25) is 10.0 Å². The molecule has 0 amide bonds. The van der Waals surface area contributed by atoms with Crippen LogP contribution in [0.15, 0.2) is 59.6 Å². The predicted molar refractivity (Wildman–Crippen MR) is 109 cm³/mol. The first kappa shape index (κ1) is 21.3. The molecule has 1 saturated heterocycles. The van der Waals surface area contributed by atoms with Gasteiger partial charge in [0.05, 0.1) is 6.04 Å². The molecule has 0 saturated carbocycles. The van der Waals surface area contributed by atoms with Crippen LogP contribution in [0.25, 0.3) is 0 Å². The van der Waals surface area contributed by atoms with E-state index < -0.39 is 32.7 Å². The second kappa shape index (κ2) is 8.51. The Morgan fingerprint density at radius 2 is 1.83 bits per heavy atom. The summed E-state index contributed by atoms with van der Waals surface area (Å²) in [6.07, 6.45) is 0.410. The van der Waals surface area contributed by atoms with Gasteiger partial charge in [0.25, 0.3) is 6.02 Å². The molecule has 2 aromatic carbocycles. The number of nitrogens with one attached hydrogen (secondary N) is 1. The molecule has 156 valence electrons. The molecule has 0 spiro atoms. The van der Waals surface area contributed by atoms with Gasteiger partial charge >= 0.3 is 0 Å². The van der Waals surface area contributed by atoms with E-state index in [4.69, 9.17) is 4.74 Å². The van der Waals surface area contributed by atoms with E-state index in [1.165, 1.54) is 6.07 Å². The monoisotopic (exact) mass is 420 g/mol. The van der Waals surface area contributed by atoms with Crippen LogP contribution in [0, 0.1) is 5.82 Å². The summed E-state index contributed by atoms with van der Waals surface area (Å²) in [6, 6.07) is 14.4. The highest BCUT2D eigenvalue weighted by Gasteiger charge is 2.47. The van der Waals surface area contributed by atoms with Crippen LogP contribution >= 0.6 is 0 Å². The maximum Gasteiger partial charge on any atom is 0.299 e. The fourth-order valence-corrected chi connectivity index (χ4v) is 5.12.